The normalized spacial score (nSPS) is 9.80. The van der Waals surface area contributed by atoms with Crippen molar-refractivity contribution in [3.05, 3.63) is 12.0 Å². The second-order valence-corrected chi connectivity index (χ2v) is 2.67. The molecule has 0 atom stereocenters. The highest BCUT2D eigenvalue weighted by atomic mass is 16.3. The van der Waals surface area contributed by atoms with Crippen LogP contribution in [0, 0.1) is 0 Å². The number of aryl methyl sites for hydroxylation is 1. The first kappa shape index (κ1) is 11.1. The highest BCUT2D eigenvalue weighted by Crippen LogP contribution is 2.25. The Morgan fingerprint density at radius 3 is 2.87 bits per heavy atom. The molecule has 15 heavy (non-hydrogen) atoms. The Hall–Kier alpha value is -1.93. The van der Waals surface area contributed by atoms with Crippen LogP contribution in [0.2, 0.25) is 0 Å². The fraction of sp³-hybridized carbons (Fsp3) is 0.286. The summed E-state index contributed by atoms with van der Waals surface area (Å²) >= 11 is 0. The van der Waals surface area contributed by atoms with Crippen molar-refractivity contribution in [2.45, 2.75) is 13.3 Å². The maximum absolute atomic E-state index is 11.1. The number of carbonyl (C=O) groups is 1. The average molecular weight is 212 g/mol. The zero-order chi connectivity index (χ0) is 11.4. The van der Waals surface area contributed by atoms with E-state index in [1.54, 1.807) is 6.92 Å². The van der Waals surface area contributed by atoms with E-state index >= 15 is 0 Å². The van der Waals surface area contributed by atoms with Gasteiger partial charge in [-0.25, -0.2) is 31.5 Å². The summed E-state index contributed by atoms with van der Waals surface area (Å²) in [5.74, 6) is 9.93. The minimum Gasteiger partial charge on any atom is -0.503 e. The summed E-state index contributed by atoms with van der Waals surface area (Å²) in [7, 11) is 0. The molecule has 0 saturated heterocycles. The van der Waals surface area contributed by atoms with Crippen LogP contribution < -0.4 is 22.1 Å². The zero-order valence-electron chi connectivity index (χ0n) is 8.14. The molecule has 1 aromatic rings. The number of hydrogen-bond donors (Lipinski definition) is 4. The van der Waals surface area contributed by atoms with Crippen molar-refractivity contribution in [2.24, 2.45) is 11.7 Å². The summed E-state index contributed by atoms with van der Waals surface area (Å²) in [6.45, 7) is 1.80. The summed E-state index contributed by atoms with van der Waals surface area (Å²) in [5.41, 5.74) is 2.22. The maximum Gasteiger partial charge on any atom is 0.351 e. The first-order chi connectivity index (χ1) is 7.11. The summed E-state index contributed by atoms with van der Waals surface area (Å²) in [6.07, 6.45) is 1.71. The van der Waals surface area contributed by atoms with E-state index < -0.39 is 6.03 Å². The SMILES string of the molecule is CCc1ncnc(N(N)C(=O)NN)c1O. The van der Waals surface area contributed by atoms with Gasteiger partial charge in [-0.3, -0.25) is 5.43 Å². The molecule has 82 valence electrons. The molecule has 0 radical (unpaired) electrons. The lowest BCUT2D eigenvalue weighted by Gasteiger charge is -2.16. The quantitative estimate of drug-likeness (QED) is 0.283. The largest absolute Gasteiger partial charge is 0.503 e. The van der Waals surface area contributed by atoms with Crippen LogP contribution in [-0.4, -0.2) is 21.1 Å². The Bertz CT molecular complexity index is 368. The molecule has 0 unspecified atom stereocenters. The lowest BCUT2D eigenvalue weighted by Crippen LogP contribution is -2.48. The number of carbonyl (C=O) groups excluding carboxylic acids is 1. The second-order valence-electron chi connectivity index (χ2n) is 2.67. The molecule has 1 aromatic heterocycles. The number of nitrogens with zero attached hydrogens (tertiary/aromatic N) is 3. The fourth-order valence-electron chi connectivity index (χ4n) is 1.01. The van der Waals surface area contributed by atoms with Gasteiger partial charge < -0.3 is 5.11 Å². The van der Waals surface area contributed by atoms with Gasteiger partial charge in [0.05, 0.1) is 5.69 Å². The fourth-order valence-corrected chi connectivity index (χ4v) is 1.01. The number of rotatable bonds is 2. The highest BCUT2D eigenvalue weighted by molar-refractivity contribution is 5.90. The third kappa shape index (κ3) is 2.11. The molecule has 0 aliphatic rings. The van der Waals surface area contributed by atoms with Crippen LogP contribution in [-0.2, 0) is 6.42 Å². The number of aromatic hydroxyl groups is 1. The van der Waals surface area contributed by atoms with Crippen LogP contribution >= 0.6 is 0 Å². The Morgan fingerprint density at radius 1 is 1.67 bits per heavy atom. The summed E-state index contributed by atoms with van der Waals surface area (Å²) in [5, 5.41) is 10.2. The Balaban J connectivity index is 3.09. The minimum absolute atomic E-state index is 0.0928. The average Bonchev–Trinajstić information content (AvgIpc) is 2.27. The molecule has 0 saturated carbocycles. The van der Waals surface area contributed by atoms with Gasteiger partial charge in [-0.2, -0.15) is 0 Å². The molecule has 0 aliphatic carbocycles. The second kappa shape index (κ2) is 4.53. The molecule has 0 spiro atoms. The van der Waals surface area contributed by atoms with Crippen LogP contribution in [0.5, 0.6) is 5.75 Å². The van der Waals surface area contributed by atoms with Gasteiger partial charge in [-0.15, -0.1) is 0 Å². The molecule has 6 N–H and O–H groups in total. The number of anilines is 1. The van der Waals surface area contributed by atoms with E-state index in [0.717, 1.165) is 0 Å². The summed E-state index contributed by atoms with van der Waals surface area (Å²) < 4.78 is 0. The molecule has 1 heterocycles. The van der Waals surface area contributed by atoms with Gasteiger partial charge in [0.25, 0.3) is 0 Å². The van der Waals surface area contributed by atoms with Crippen molar-refractivity contribution >= 4 is 11.8 Å². The topological polar surface area (TPSA) is 130 Å². The van der Waals surface area contributed by atoms with Crippen molar-refractivity contribution in [1.82, 2.24) is 15.4 Å². The minimum atomic E-state index is -0.786. The standard InChI is InChI=1S/C7H12N6O2/c1-2-4-5(14)6(11-3-10-4)13(9)7(15)12-8/h3,14H,2,8-9H2,1H3,(H,12,15). The van der Waals surface area contributed by atoms with Gasteiger partial charge in [0, 0.05) is 0 Å². The predicted molar refractivity (Wildman–Crippen MR) is 52.5 cm³/mol. The molecule has 0 aliphatic heterocycles. The van der Waals surface area contributed by atoms with Crippen LogP contribution in [0.1, 0.15) is 12.6 Å². The lowest BCUT2D eigenvalue weighted by molar-refractivity contribution is 0.246. The van der Waals surface area contributed by atoms with Crippen LogP contribution in [0.4, 0.5) is 10.6 Å². The molecular formula is C7H12N6O2. The van der Waals surface area contributed by atoms with Crippen molar-refractivity contribution in [3.63, 3.8) is 0 Å². The first-order valence-electron chi connectivity index (χ1n) is 4.20. The molecule has 2 amide bonds. The van der Waals surface area contributed by atoms with E-state index in [-0.39, 0.29) is 11.6 Å². The number of hydrogen-bond acceptors (Lipinski definition) is 6. The zero-order valence-corrected chi connectivity index (χ0v) is 8.14. The lowest BCUT2D eigenvalue weighted by atomic mass is 10.3. The summed E-state index contributed by atoms with van der Waals surface area (Å²) in [6, 6.07) is -0.786. The van der Waals surface area contributed by atoms with Crippen LogP contribution in [0.15, 0.2) is 6.33 Å². The predicted octanol–water partition coefficient (Wildman–Crippen LogP) is -0.992. The number of hydrazine groups is 2. The molecular weight excluding hydrogens is 200 g/mol. The number of nitrogens with one attached hydrogen (secondary N) is 1. The smallest absolute Gasteiger partial charge is 0.351 e. The molecule has 0 fully saturated rings. The van der Waals surface area contributed by atoms with E-state index in [4.69, 9.17) is 11.7 Å². The van der Waals surface area contributed by atoms with E-state index in [2.05, 4.69) is 9.97 Å². The monoisotopic (exact) mass is 212 g/mol. The van der Waals surface area contributed by atoms with E-state index in [1.807, 2.05) is 5.43 Å². The Kier molecular flexibility index (Phi) is 3.37. The Labute approximate surface area is 85.9 Å². The number of aromatic nitrogens is 2. The molecule has 8 heteroatoms. The van der Waals surface area contributed by atoms with Crippen molar-refractivity contribution < 1.29 is 9.90 Å². The number of urea groups is 1. The van der Waals surface area contributed by atoms with Crippen molar-refractivity contribution in [2.75, 3.05) is 5.01 Å². The molecule has 0 aromatic carbocycles. The third-order valence-electron chi connectivity index (χ3n) is 1.78. The number of nitrogens with two attached hydrogens (primary N) is 2. The van der Waals surface area contributed by atoms with Crippen molar-refractivity contribution in [3.8, 4) is 5.75 Å². The number of amides is 2. The summed E-state index contributed by atoms with van der Waals surface area (Å²) in [4.78, 5) is 18.6. The van der Waals surface area contributed by atoms with Gasteiger partial charge in [0.15, 0.2) is 11.6 Å². The van der Waals surface area contributed by atoms with Crippen LogP contribution in [0.3, 0.4) is 0 Å². The van der Waals surface area contributed by atoms with E-state index in [9.17, 15) is 9.90 Å². The van der Waals surface area contributed by atoms with Crippen LogP contribution in [0.25, 0.3) is 0 Å². The van der Waals surface area contributed by atoms with Gasteiger partial charge in [0.2, 0.25) is 0 Å². The van der Waals surface area contributed by atoms with E-state index in [1.165, 1.54) is 6.33 Å². The first-order valence-corrected chi connectivity index (χ1v) is 4.20. The molecule has 1 rings (SSSR count). The van der Waals surface area contributed by atoms with E-state index in [0.29, 0.717) is 17.1 Å². The van der Waals surface area contributed by atoms with Gasteiger partial charge in [0.1, 0.15) is 6.33 Å². The maximum atomic E-state index is 11.1. The molecule has 0 bridgehead atoms. The van der Waals surface area contributed by atoms with Gasteiger partial charge >= 0.3 is 6.03 Å². The third-order valence-corrected chi connectivity index (χ3v) is 1.78. The molecule has 8 nitrogen and oxygen atoms in total. The highest BCUT2D eigenvalue weighted by Gasteiger charge is 2.18. The van der Waals surface area contributed by atoms with Gasteiger partial charge in [-0.05, 0) is 6.42 Å². The van der Waals surface area contributed by atoms with Crippen molar-refractivity contribution in [1.29, 1.82) is 0 Å². The van der Waals surface area contributed by atoms with Gasteiger partial charge in [-0.1, -0.05) is 6.92 Å². The Morgan fingerprint density at radius 2 is 2.33 bits per heavy atom.